The van der Waals surface area contributed by atoms with Crippen LogP contribution in [0.25, 0.3) is 0 Å². The van der Waals surface area contributed by atoms with Crippen molar-refractivity contribution < 1.29 is 5.11 Å². The van der Waals surface area contributed by atoms with Gasteiger partial charge in [0.1, 0.15) is 0 Å². The SMILES string of the molecule is CN1Cc2cc(O)ccc2[Te]1.Cl. The maximum atomic E-state index is 9.18. The molecule has 0 saturated carbocycles. The number of nitrogens with zero attached hydrogens (tertiary/aromatic N) is 1. The molecule has 2 nitrogen and oxygen atoms in total. The van der Waals surface area contributed by atoms with E-state index in [1.54, 1.807) is 6.07 Å². The fraction of sp³-hybridized carbons (Fsp3) is 0.250. The Hall–Kier alpha value is 0.0596. The molecule has 0 saturated heterocycles. The molecule has 2 rings (SSSR count). The van der Waals surface area contributed by atoms with Crippen LogP contribution in [0.5, 0.6) is 5.75 Å². The van der Waals surface area contributed by atoms with E-state index in [4.69, 9.17) is 0 Å². The summed E-state index contributed by atoms with van der Waals surface area (Å²) in [6.07, 6.45) is 0. The van der Waals surface area contributed by atoms with Crippen LogP contribution in [-0.4, -0.2) is 36.5 Å². The minimum absolute atomic E-state index is 0. The van der Waals surface area contributed by atoms with Gasteiger partial charge in [-0.15, -0.1) is 12.4 Å². The van der Waals surface area contributed by atoms with E-state index in [1.165, 1.54) is 9.17 Å². The zero-order chi connectivity index (χ0) is 7.84. The number of phenols is 1. The number of benzene rings is 1. The summed E-state index contributed by atoms with van der Waals surface area (Å²) in [6.45, 7) is 1.02. The van der Waals surface area contributed by atoms with Crippen molar-refractivity contribution in [2.45, 2.75) is 6.54 Å². The summed E-state index contributed by atoms with van der Waals surface area (Å²) in [5.74, 6) is 0.395. The first-order valence-corrected chi connectivity index (χ1v) is 5.67. The van der Waals surface area contributed by atoms with Gasteiger partial charge in [0.05, 0.1) is 0 Å². The Morgan fingerprint density at radius 3 is 3.00 bits per heavy atom. The number of halogens is 1. The van der Waals surface area contributed by atoms with Gasteiger partial charge in [0.2, 0.25) is 0 Å². The molecule has 0 aliphatic carbocycles. The number of phenolic OH excluding ortho intramolecular Hbond substituents is 1. The fourth-order valence-corrected chi connectivity index (χ4v) is 3.81. The first kappa shape index (κ1) is 10.1. The molecule has 1 aliphatic heterocycles. The summed E-state index contributed by atoms with van der Waals surface area (Å²) >= 11 is -0.102. The molecule has 66 valence electrons. The van der Waals surface area contributed by atoms with Crippen molar-refractivity contribution in [3.8, 4) is 5.75 Å². The molecule has 1 N–H and O–H groups in total. The van der Waals surface area contributed by atoms with E-state index >= 15 is 0 Å². The van der Waals surface area contributed by atoms with Gasteiger partial charge in [-0.1, -0.05) is 0 Å². The molecular formula is C8H10ClNOTe. The second kappa shape index (κ2) is 3.85. The standard InChI is InChI=1S/C8H9NOTe.ClH/c1-9-5-6-4-7(10)2-3-8(6)11-9;/h2-4,10H,5H2,1H3;1H. The quantitative estimate of drug-likeness (QED) is 0.706. The minimum Gasteiger partial charge on any atom is -0.147 e. The predicted octanol–water partition coefficient (Wildman–Crippen LogP) is 0.504. The van der Waals surface area contributed by atoms with Crippen LogP contribution < -0.4 is 3.61 Å². The molecule has 0 amide bonds. The number of rotatable bonds is 0. The average molecular weight is 299 g/mol. The summed E-state index contributed by atoms with van der Waals surface area (Å²) in [5, 5.41) is 9.18. The molecule has 4 heteroatoms. The number of hydrogen-bond donors (Lipinski definition) is 1. The third-order valence-electron chi connectivity index (χ3n) is 1.69. The first-order chi connectivity index (χ1) is 5.25. The number of hydrogen-bond acceptors (Lipinski definition) is 2. The summed E-state index contributed by atoms with van der Waals surface area (Å²) < 4.78 is 3.82. The van der Waals surface area contributed by atoms with Crippen LogP contribution in [0.2, 0.25) is 0 Å². The smallest absolute Gasteiger partial charge is 0.147 e. The Balaban J connectivity index is 0.000000720. The van der Waals surface area contributed by atoms with E-state index < -0.39 is 0 Å². The molecule has 1 aliphatic rings. The van der Waals surface area contributed by atoms with Gasteiger partial charge >= 0.3 is 76.2 Å². The van der Waals surface area contributed by atoms with Crippen molar-refractivity contribution in [1.82, 2.24) is 3.15 Å². The molecule has 1 aromatic rings. The van der Waals surface area contributed by atoms with Crippen LogP contribution in [0.15, 0.2) is 18.2 Å². The summed E-state index contributed by atoms with van der Waals surface area (Å²) in [5.41, 5.74) is 1.31. The van der Waals surface area contributed by atoms with E-state index in [0.29, 0.717) is 5.75 Å². The molecule has 12 heavy (non-hydrogen) atoms. The zero-order valence-corrected chi connectivity index (χ0v) is 9.80. The maximum Gasteiger partial charge on any atom is -0.147 e. The van der Waals surface area contributed by atoms with Crippen molar-refractivity contribution in [3.63, 3.8) is 0 Å². The Morgan fingerprint density at radius 1 is 1.50 bits per heavy atom. The second-order valence-electron chi connectivity index (χ2n) is 2.67. The number of aromatic hydroxyl groups is 1. The normalized spacial score (nSPS) is 15.4. The van der Waals surface area contributed by atoms with E-state index in [9.17, 15) is 5.11 Å². The van der Waals surface area contributed by atoms with Gasteiger partial charge in [-0.3, -0.25) is 0 Å². The van der Waals surface area contributed by atoms with Crippen LogP contribution in [0, 0.1) is 0 Å². The summed E-state index contributed by atoms with van der Waals surface area (Å²) in [4.78, 5) is 0. The monoisotopic (exact) mass is 301 g/mol. The molecule has 0 unspecified atom stereocenters. The molecule has 0 atom stereocenters. The Bertz CT molecular complexity index is 292. The van der Waals surface area contributed by atoms with Crippen LogP contribution >= 0.6 is 12.4 Å². The van der Waals surface area contributed by atoms with Gasteiger partial charge in [-0.2, -0.15) is 0 Å². The van der Waals surface area contributed by atoms with Crippen molar-refractivity contribution in [2.24, 2.45) is 0 Å². The summed E-state index contributed by atoms with van der Waals surface area (Å²) in [7, 11) is 2.14. The molecule has 0 fully saturated rings. The van der Waals surface area contributed by atoms with Crippen molar-refractivity contribution >= 4 is 37.2 Å². The topological polar surface area (TPSA) is 23.5 Å². The largest absolute Gasteiger partial charge is 0.147 e. The van der Waals surface area contributed by atoms with Crippen LogP contribution in [0.1, 0.15) is 5.56 Å². The summed E-state index contributed by atoms with van der Waals surface area (Å²) in [6, 6.07) is 5.71. The Labute approximate surface area is 88.4 Å². The zero-order valence-electron chi connectivity index (χ0n) is 6.65. The second-order valence-corrected chi connectivity index (χ2v) is 6.22. The average Bonchev–Trinajstić information content (AvgIpc) is 2.27. The van der Waals surface area contributed by atoms with Crippen LogP contribution in [-0.2, 0) is 6.54 Å². The Morgan fingerprint density at radius 2 is 2.25 bits per heavy atom. The van der Waals surface area contributed by atoms with E-state index in [1.807, 2.05) is 6.07 Å². The minimum atomic E-state index is -0.102. The molecule has 0 bridgehead atoms. The third kappa shape index (κ3) is 1.86. The van der Waals surface area contributed by atoms with Crippen LogP contribution in [0.4, 0.5) is 0 Å². The Kier molecular flexibility index (Phi) is 3.25. The van der Waals surface area contributed by atoms with Gasteiger partial charge in [-0.25, -0.2) is 0 Å². The van der Waals surface area contributed by atoms with Crippen LogP contribution in [0.3, 0.4) is 0 Å². The van der Waals surface area contributed by atoms with E-state index in [0.717, 1.165) is 6.54 Å². The maximum absolute atomic E-state index is 9.18. The molecule has 1 aromatic carbocycles. The van der Waals surface area contributed by atoms with Gasteiger partial charge in [0.15, 0.2) is 0 Å². The molecule has 0 spiro atoms. The van der Waals surface area contributed by atoms with Gasteiger partial charge in [-0.05, 0) is 0 Å². The predicted molar refractivity (Wildman–Crippen MR) is 52.2 cm³/mol. The van der Waals surface area contributed by atoms with E-state index in [2.05, 4.69) is 16.3 Å². The van der Waals surface area contributed by atoms with Gasteiger partial charge in [0, 0.05) is 0 Å². The van der Waals surface area contributed by atoms with Crippen molar-refractivity contribution in [3.05, 3.63) is 23.8 Å². The molecular weight excluding hydrogens is 289 g/mol. The first-order valence-electron chi connectivity index (χ1n) is 3.47. The fourth-order valence-electron chi connectivity index (χ4n) is 1.22. The van der Waals surface area contributed by atoms with Crippen molar-refractivity contribution in [1.29, 1.82) is 0 Å². The van der Waals surface area contributed by atoms with Crippen molar-refractivity contribution in [2.75, 3.05) is 7.05 Å². The molecule has 0 radical (unpaired) electrons. The van der Waals surface area contributed by atoms with Gasteiger partial charge in [0.25, 0.3) is 0 Å². The van der Waals surface area contributed by atoms with Gasteiger partial charge < -0.3 is 0 Å². The molecule has 0 aromatic heterocycles. The van der Waals surface area contributed by atoms with E-state index in [-0.39, 0.29) is 33.6 Å². The third-order valence-corrected chi connectivity index (χ3v) is 4.65. The molecule has 1 heterocycles. The number of fused-ring (bicyclic) bond motifs is 1.